The lowest BCUT2D eigenvalue weighted by Crippen LogP contribution is -2.19. The molecule has 0 saturated carbocycles. The summed E-state index contributed by atoms with van der Waals surface area (Å²) in [5.41, 5.74) is 3.54. The number of hydrogen-bond acceptors (Lipinski definition) is 2. The summed E-state index contributed by atoms with van der Waals surface area (Å²) in [5.74, 6) is 0.211. The summed E-state index contributed by atoms with van der Waals surface area (Å²) in [6, 6.07) is 1.93. The molecule has 0 unspecified atom stereocenters. The molecule has 0 aliphatic carbocycles. The Labute approximate surface area is 94.3 Å². The quantitative estimate of drug-likeness (QED) is 0.840. The van der Waals surface area contributed by atoms with Crippen molar-refractivity contribution < 1.29 is 0 Å². The van der Waals surface area contributed by atoms with E-state index in [1.165, 1.54) is 0 Å². The van der Waals surface area contributed by atoms with Gasteiger partial charge in [0.05, 0.1) is 11.4 Å². The van der Waals surface area contributed by atoms with Crippen LogP contribution in [-0.2, 0) is 6.42 Å². The molecule has 0 aromatic carbocycles. The molecule has 86 valence electrons. The molecule has 0 amide bonds. The second-order valence-corrected chi connectivity index (χ2v) is 4.39. The van der Waals surface area contributed by atoms with Gasteiger partial charge in [-0.3, -0.25) is 4.79 Å². The average Bonchev–Trinajstić information content (AvgIpc) is 2.60. The van der Waals surface area contributed by atoms with Crippen molar-refractivity contribution in [3.8, 4) is 0 Å². The molecule has 2 heterocycles. The molecule has 16 heavy (non-hydrogen) atoms. The van der Waals surface area contributed by atoms with Crippen LogP contribution in [0.5, 0.6) is 0 Å². The fourth-order valence-corrected chi connectivity index (χ4v) is 2.09. The van der Waals surface area contributed by atoms with Crippen LogP contribution in [0.2, 0.25) is 0 Å². The molecule has 0 aliphatic heterocycles. The van der Waals surface area contributed by atoms with Crippen LogP contribution in [0.1, 0.15) is 43.6 Å². The molecule has 2 aromatic rings. The Morgan fingerprint density at radius 3 is 2.75 bits per heavy atom. The SMILES string of the molecule is CCc1cc2[nH]c(=O)c(C(C)C)c(C)n2n1. The number of aryl methyl sites for hydroxylation is 2. The highest BCUT2D eigenvalue weighted by Crippen LogP contribution is 2.15. The number of fused-ring (bicyclic) bond motifs is 1. The van der Waals surface area contributed by atoms with Gasteiger partial charge in [-0.2, -0.15) is 5.10 Å². The Hall–Kier alpha value is -1.58. The molecule has 0 fully saturated rings. The van der Waals surface area contributed by atoms with Crippen molar-refractivity contribution in [1.29, 1.82) is 0 Å². The normalized spacial score (nSPS) is 11.6. The molecule has 0 spiro atoms. The molecule has 2 rings (SSSR count). The Morgan fingerprint density at radius 2 is 2.19 bits per heavy atom. The minimum Gasteiger partial charge on any atom is -0.307 e. The molecule has 0 radical (unpaired) electrons. The Bertz CT molecular complexity index is 578. The van der Waals surface area contributed by atoms with Crippen molar-refractivity contribution in [2.45, 2.75) is 40.0 Å². The van der Waals surface area contributed by atoms with Gasteiger partial charge in [-0.25, -0.2) is 4.52 Å². The molecule has 0 aliphatic rings. The molecule has 0 bridgehead atoms. The van der Waals surface area contributed by atoms with Crippen LogP contribution in [0.15, 0.2) is 10.9 Å². The summed E-state index contributed by atoms with van der Waals surface area (Å²) in [6.07, 6.45) is 0.875. The second kappa shape index (κ2) is 3.77. The molecule has 0 saturated heterocycles. The van der Waals surface area contributed by atoms with Crippen molar-refractivity contribution in [2.24, 2.45) is 0 Å². The summed E-state index contributed by atoms with van der Waals surface area (Å²) < 4.78 is 1.83. The lowest BCUT2D eigenvalue weighted by molar-refractivity contribution is 0.771. The van der Waals surface area contributed by atoms with Crippen LogP contribution in [0.25, 0.3) is 5.65 Å². The molecule has 2 aromatic heterocycles. The highest BCUT2D eigenvalue weighted by molar-refractivity contribution is 5.42. The minimum absolute atomic E-state index is 0.00236. The summed E-state index contributed by atoms with van der Waals surface area (Å²) in [5, 5.41) is 4.46. The van der Waals surface area contributed by atoms with E-state index < -0.39 is 0 Å². The number of nitrogens with one attached hydrogen (secondary N) is 1. The van der Waals surface area contributed by atoms with Crippen molar-refractivity contribution >= 4 is 5.65 Å². The van der Waals surface area contributed by atoms with Crippen molar-refractivity contribution in [2.75, 3.05) is 0 Å². The van der Waals surface area contributed by atoms with Gasteiger partial charge < -0.3 is 4.98 Å². The van der Waals surface area contributed by atoms with Gasteiger partial charge in [0.15, 0.2) is 0 Å². The van der Waals surface area contributed by atoms with E-state index >= 15 is 0 Å². The zero-order valence-electron chi connectivity index (χ0n) is 10.2. The third kappa shape index (κ3) is 1.54. The predicted molar refractivity (Wildman–Crippen MR) is 64.0 cm³/mol. The van der Waals surface area contributed by atoms with Gasteiger partial charge in [0.1, 0.15) is 5.65 Å². The molecule has 0 atom stereocenters. The maximum absolute atomic E-state index is 11.9. The highest BCUT2D eigenvalue weighted by atomic mass is 16.1. The van der Waals surface area contributed by atoms with E-state index in [0.29, 0.717) is 0 Å². The first-order valence-electron chi connectivity index (χ1n) is 5.66. The van der Waals surface area contributed by atoms with E-state index in [1.54, 1.807) is 0 Å². The number of hydrogen-bond donors (Lipinski definition) is 1. The number of aromatic nitrogens is 3. The van der Waals surface area contributed by atoms with Crippen LogP contribution in [0, 0.1) is 6.92 Å². The topological polar surface area (TPSA) is 50.2 Å². The third-order valence-corrected chi connectivity index (χ3v) is 2.89. The Kier molecular flexibility index (Phi) is 2.58. The van der Waals surface area contributed by atoms with Crippen LogP contribution >= 0.6 is 0 Å². The minimum atomic E-state index is 0.00236. The number of aromatic amines is 1. The van der Waals surface area contributed by atoms with E-state index in [0.717, 1.165) is 29.0 Å². The van der Waals surface area contributed by atoms with E-state index in [1.807, 2.05) is 31.4 Å². The van der Waals surface area contributed by atoms with Crippen molar-refractivity contribution in [3.05, 3.63) is 33.4 Å². The van der Waals surface area contributed by atoms with Gasteiger partial charge in [0, 0.05) is 11.6 Å². The standard InChI is InChI=1S/C12H17N3O/c1-5-9-6-10-13-12(16)11(7(2)3)8(4)15(10)14-9/h6-7H,5H2,1-4H3,(H,13,16). The smallest absolute Gasteiger partial charge is 0.254 e. The number of rotatable bonds is 2. The predicted octanol–water partition coefficient (Wildman–Crippen LogP) is 2.02. The van der Waals surface area contributed by atoms with Gasteiger partial charge >= 0.3 is 0 Å². The molecular formula is C12H17N3O. The summed E-state index contributed by atoms with van der Waals surface area (Å²) in [6.45, 7) is 8.05. The van der Waals surface area contributed by atoms with Crippen molar-refractivity contribution in [3.63, 3.8) is 0 Å². The lowest BCUT2D eigenvalue weighted by atomic mass is 10.0. The maximum Gasteiger partial charge on any atom is 0.254 e. The third-order valence-electron chi connectivity index (χ3n) is 2.89. The highest BCUT2D eigenvalue weighted by Gasteiger charge is 2.13. The first kappa shape index (κ1) is 10.9. The van der Waals surface area contributed by atoms with E-state index in [4.69, 9.17) is 0 Å². The first-order chi connectivity index (χ1) is 7.54. The molecular weight excluding hydrogens is 202 g/mol. The van der Waals surface area contributed by atoms with Crippen LogP contribution in [-0.4, -0.2) is 14.6 Å². The molecule has 1 N–H and O–H groups in total. The van der Waals surface area contributed by atoms with E-state index in [2.05, 4.69) is 17.0 Å². The van der Waals surface area contributed by atoms with Gasteiger partial charge in [0.25, 0.3) is 5.56 Å². The zero-order valence-corrected chi connectivity index (χ0v) is 10.2. The average molecular weight is 219 g/mol. The fraction of sp³-hybridized carbons (Fsp3) is 0.500. The monoisotopic (exact) mass is 219 g/mol. The number of nitrogens with zero attached hydrogens (tertiary/aromatic N) is 2. The second-order valence-electron chi connectivity index (χ2n) is 4.39. The first-order valence-corrected chi connectivity index (χ1v) is 5.66. The fourth-order valence-electron chi connectivity index (χ4n) is 2.09. The van der Waals surface area contributed by atoms with E-state index in [-0.39, 0.29) is 11.5 Å². The van der Waals surface area contributed by atoms with Gasteiger partial charge in [0.2, 0.25) is 0 Å². The molecule has 4 nitrogen and oxygen atoms in total. The lowest BCUT2D eigenvalue weighted by Gasteiger charge is -2.09. The van der Waals surface area contributed by atoms with Gasteiger partial charge in [-0.1, -0.05) is 20.8 Å². The van der Waals surface area contributed by atoms with Crippen molar-refractivity contribution in [1.82, 2.24) is 14.6 Å². The summed E-state index contributed by atoms with van der Waals surface area (Å²) >= 11 is 0. The van der Waals surface area contributed by atoms with Crippen LogP contribution in [0.3, 0.4) is 0 Å². The summed E-state index contributed by atoms with van der Waals surface area (Å²) in [7, 11) is 0. The summed E-state index contributed by atoms with van der Waals surface area (Å²) in [4.78, 5) is 14.8. The van der Waals surface area contributed by atoms with Crippen LogP contribution in [0.4, 0.5) is 0 Å². The Morgan fingerprint density at radius 1 is 1.50 bits per heavy atom. The number of H-pyrrole nitrogens is 1. The maximum atomic E-state index is 11.9. The van der Waals surface area contributed by atoms with E-state index in [9.17, 15) is 4.79 Å². The van der Waals surface area contributed by atoms with Crippen LogP contribution < -0.4 is 5.56 Å². The van der Waals surface area contributed by atoms with Gasteiger partial charge in [-0.15, -0.1) is 0 Å². The molecule has 4 heteroatoms. The largest absolute Gasteiger partial charge is 0.307 e. The van der Waals surface area contributed by atoms with Gasteiger partial charge in [-0.05, 0) is 19.3 Å². The Balaban J connectivity index is 2.81. The zero-order chi connectivity index (χ0) is 11.9.